The lowest BCUT2D eigenvalue weighted by Crippen LogP contribution is -2.16. The number of benzene rings is 1. The highest BCUT2D eigenvalue weighted by molar-refractivity contribution is 7.14. The number of carbonyl (C=O) groups is 2. The number of hydrogen-bond donors (Lipinski definition) is 2. The summed E-state index contributed by atoms with van der Waals surface area (Å²) in [4.78, 5) is 32.8. The third kappa shape index (κ3) is 5.11. The van der Waals surface area contributed by atoms with E-state index in [1.165, 1.54) is 11.3 Å². The number of hydrogen-bond acceptors (Lipinski definition) is 6. The molecular weight excluding hydrogens is 364 g/mol. The van der Waals surface area contributed by atoms with Crippen LogP contribution in [-0.2, 0) is 11.2 Å². The minimum atomic E-state index is -0.422. The fourth-order valence-electron chi connectivity index (χ4n) is 2.31. The van der Waals surface area contributed by atoms with Gasteiger partial charge in [-0.2, -0.15) is 0 Å². The summed E-state index contributed by atoms with van der Waals surface area (Å²) in [5.41, 5.74) is 1.10. The molecule has 2 heterocycles. The Labute approximate surface area is 160 Å². The standard InChI is InChI=1S/C19H18N4O3S/c1-2-26-15-9-6-10-20-17(15)23-18(25)14-12-27-19(21-14)22-16(24)11-13-7-4-3-5-8-13/h3-10,12H,2,11H2,1H3,(H,20,23,25)(H,21,22,24). The van der Waals surface area contributed by atoms with E-state index >= 15 is 0 Å². The molecule has 138 valence electrons. The first-order valence-corrected chi connectivity index (χ1v) is 9.22. The molecule has 0 fully saturated rings. The van der Waals surface area contributed by atoms with Crippen LogP contribution >= 0.6 is 11.3 Å². The normalized spacial score (nSPS) is 10.3. The van der Waals surface area contributed by atoms with Crippen LogP contribution in [0.15, 0.2) is 54.0 Å². The number of pyridine rings is 1. The molecule has 7 nitrogen and oxygen atoms in total. The van der Waals surface area contributed by atoms with Gasteiger partial charge in [0.1, 0.15) is 5.69 Å². The molecule has 0 saturated carbocycles. The van der Waals surface area contributed by atoms with E-state index < -0.39 is 5.91 Å². The van der Waals surface area contributed by atoms with E-state index in [1.807, 2.05) is 37.3 Å². The van der Waals surface area contributed by atoms with Crippen molar-refractivity contribution in [3.8, 4) is 5.75 Å². The molecule has 0 unspecified atom stereocenters. The van der Waals surface area contributed by atoms with Gasteiger partial charge in [0.2, 0.25) is 5.91 Å². The molecule has 0 atom stereocenters. The summed E-state index contributed by atoms with van der Waals surface area (Å²) in [6.07, 6.45) is 1.81. The van der Waals surface area contributed by atoms with Crippen LogP contribution in [-0.4, -0.2) is 28.4 Å². The van der Waals surface area contributed by atoms with Gasteiger partial charge in [0, 0.05) is 11.6 Å². The minimum absolute atomic E-state index is 0.189. The third-order valence-electron chi connectivity index (χ3n) is 3.49. The molecule has 3 rings (SSSR count). The van der Waals surface area contributed by atoms with Crippen molar-refractivity contribution in [2.24, 2.45) is 0 Å². The van der Waals surface area contributed by atoms with E-state index in [1.54, 1.807) is 23.7 Å². The molecule has 0 saturated heterocycles. The van der Waals surface area contributed by atoms with Crippen LogP contribution in [0.5, 0.6) is 5.75 Å². The Kier molecular flexibility index (Phi) is 6.11. The smallest absolute Gasteiger partial charge is 0.276 e. The van der Waals surface area contributed by atoms with Crippen LogP contribution in [0.3, 0.4) is 0 Å². The second kappa shape index (κ2) is 8.91. The lowest BCUT2D eigenvalue weighted by atomic mass is 10.1. The maximum atomic E-state index is 12.4. The van der Waals surface area contributed by atoms with E-state index in [9.17, 15) is 9.59 Å². The number of carbonyl (C=O) groups excluding carboxylic acids is 2. The van der Waals surface area contributed by atoms with Gasteiger partial charge in [-0.15, -0.1) is 11.3 Å². The Morgan fingerprint density at radius 3 is 2.70 bits per heavy atom. The number of ether oxygens (including phenoxy) is 1. The van der Waals surface area contributed by atoms with Crippen molar-refractivity contribution >= 4 is 34.1 Å². The Morgan fingerprint density at radius 1 is 1.11 bits per heavy atom. The molecule has 0 aliphatic heterocycles. The number of nitrogens with one attached hydrogen (secondary N) is 2. The molecule has 27 heavy (non-hydrogen) atoms. The van der Waals surface area contributed by atoms with E-state index in [0.29, 0.717) is 23.3 Å². The van der Waals surface area contributed by atoms with E-state index in [2.05, 4.69) is 20.6 Å². The molecule has 8 heteroatoms. The Bertz CT molecular complexity index is 927. The lowest BCUT2D eigenvalue weighted by Gasteiger charge is -2.08. The van der Waals surface area contributed by atoms with Crippen molar-refractivity contribution in [2.45, 2.75) is 13.3 Å². The Morgan fingerprint density at radius 2 is 1.93 bits per heavy atom. The van der Waals surface area contributed by atoms with Crippen LogP contribution in [0.25, 0.3) is 0 Å². The van der Waals surface area contributed by atoms with Crippen molar-refractivity contribution in [1.29, 1.82) is 0 Å². The van der Waals surface area contributed by atoms with Gasteiger partial charge in [-0.05, 0) is 24.6 Å². The van der Waals surface area contributed by atoms with Gasteiger partial charge in [-0.1, -0.05) is 30.3 Å². The van der Waals surface area contributed by atoms with E-state index in [-0.39, 0.29) is 18.0 Å². The second-order valence-electron chi connectivity index (χ2n) is 5.49. The van der Waals surface area contributed by atoms with Crippen LogP contribution in [0, 0.1) is 0 Å². The summed E-state index contributed by atoms with van der Waals surface area (Å²) in [5, 5.41) is 7.33. The fraction of sp³-hybridized carbons (Fsp3) is 0.158. The number of nitrogens with zero attached hydrogens (tertiary/aromatic N) is 2. The zero-order chi connectivity index (χ0) is 19.1. The third-order valence-corrected chi connectivity index (χ3v) is 4.25. The molecule has 0 aliphatic rings. The molecular formula is C19H18N4O3S. The molecule has 2 amide bonds. The summed E-state index contributed by atoms with van der Waals surface area (Å²) < 4.78 is 5.44. The van der Waals surface area contributed by atoms with Gasteiger partial charge in [-0.25, -0.2) is 9.97 Å². The highest BCUT2D eigenvalue weighted by atomic mass is 32.1. The predicted octanol–water partition coefficient (Wildman–Crippen LogP) is 3.37. The first-order chi connectivity index (χ1) is 13.2. The van der Waals surface area contributed by atoms with Gasteiger partial charge in [0.15, 0.2) is 16.7 Å². The Balaban J connectivity index is 1.61. The lowest BCUT2D eigenvalue weighted by molar-refractivity contribution is -0.115. The van der Waals surface area contributed by atoms with Gasteiger partial charge in [-0.3, -0.25) is 9.59 Å². The van der Waals surface area contributed by atoms with Crippen LogP contribution in [0.4, 0.5) is 10.9 Å². The zero-order valence-electron chi connectivity index (χ0n) is 14.6. The first kappa shape index (κ1) is 18.5. The van der Waals surface area contributed by atoms with Crippen LogP contribution < -0.4 is 15.4 Å². The van der Waals surface area contributed by atoms with Crippen molar-refractivity contribution in [3.05, 3.63) is 65.3 Å². The molecule has 0 bridgehead atoms. The largest absolute Gasteiger partial charge is 0.490 e. The molecule has 2 N–H and O–H groups in total. The van der Waals surface area contributed by atoms with Crippen molar-refractivity contribution < 1.29 is 14.3 Å². The SMILES string of the molecule is CCOc1cccnc1NC(=O)c1csc(NC(=O)Cc2ccccc2)n1. The second-order valence-corrected chi connectivity index (χ2v) is 6.34. The number of amides is 2. The monoisotopic (exact) mass is 382 g/mol. The molecule has 0 aliphatic carbocycles. The van der Waals surface area contributed by atoms with Crippen molar-refractivity contribution in [2.75, 3.05) is 17.2 Å². The summed E-state index contributed by atoms with van der Waals surface area (Å²) in [5.74, 6) is 0.201. The first-order valence-electron chi connectivity index (χ1n) is 8.34. The highest BCUT2D eigenvalue weighted by Crippen LogP contribution is 2.22. The molecule has 1 aromatic carbocycles. The number of anilines is 2. The van der Waals surface area contributed by atoms with Gasteiger partial charge in [0.05, 0.1) is 13.0 Å². The number of thiazole rings is 1. The molecule has 2 aromatic heterocycles. The molecule has 0 spiro atoms. The average molecular weight is 382 g/mol. The van der Waals surface area contributed by atoms with Gasteiger partial charge < -0.3 is 15.4 Å². The quantitative estimate of drug-likeness (QED) is 0.653. The predicted molar refractivity (Wildman–Crippen MR) is 104 cm³/mol. The van der Waals surface area contributed by atoms with E-state index in [4.69, 9.17) is 4.74 Å². The average Bonchev–Trinajstić information content (AvgIpc) is 3.13. The maximum absolute atomic E-state index is 12.4. The summed E-state index contributed by atoms with van der Waals surface area (Å²) in [7, 11) is 0. The van der Waals surface area contributed by atoms with E-state index in [0.717, 1.165) is 5.56 Å². The van der Waals surface area contributed by atoms with Crippen LogP contribution in [0.2, 0.25) is 0 Å². The fourth-order valence-corrected chi connectivity index (χ4v) is 3.01. The van der Waals surface area contributed by atoms with Gasteiger partial charge >= 0.3 is 0 Å². The van der Waals surface area contributed by atoms with Crippen LogP contribution in [0.1, 0.15) is 23.0 Å². The highest BCUT2D eigenvalue weighted by Gasteiger charge is 2.15. The molecule has 0 radical (unpaired) electrons. The zero-order valence-corrected chi connectivity index (χ0v) is 15.5. The Hall–Kier alpha value is -3.26. The van der Waals surface area contributed by atoms with Gasteiger partial charge in [0.25, 0.3) is 5.91 Å². The molecule has 3 aromatic rings. The summed E-state index contributed by atoms with van der Waals surface area (Å²) in [6, 6.07) is 12.9. The minimum Gasteiger partial charge on any atom is -0.490 e. The van der Waals surface area contributed by atoms with Crippen molar-refractivity contribution in [1.82, 2.24) is 9.97 Å². The topological polar surface area (TPSA) is 93.2 Å². The number of aromatic nitrogens is 2. The summed E-state index contributed by atoms with van der Waals surface area (Å²) >= 11 is 1.19. The summed E-state index contributed by atoms with van der Waals surface area (Å²) in [6.45, 7) is 2.31. The number of rotatable bonds is 7. The van der Waals surface area contributed by atoms with Crippen molar-refractivity contribution in [3.63, 3.8) is 0 Å². The maximum Gasteiger partial charge on any atom is 0.276 e.